The van der Waals surface area contributed by atoms with Gasteiger partial charge in [-0.1, -0.05) is 30.3 Å². The first-order valence-electron chi connectivity index (χ1n) is 9.69. The van der Waals surface area contributed by atoms with Crippen molar-refractivity contribution >= 4 is 6.09 Å². The lowest BCUT2D eigenvalue weighted by Gasteiger charge is -2.37. The van der Waals surface area contributed by atoms with Crippen LogP contribution in [0.15, 0.2) is 30.3 Å². The lowest BCUT2D eigenvalue weighted by atomic mass is 9.79. The van der Waals surface area contributed by atoms with E-state index in [0.29, 0.717) is 13.2 Å². The smallest absolute Gasteiger partial charge is 0.407 e. The Bertz CT molecular complexity index is 509. The number of rotatable bonds is 6. The molecule has 0 saturated carbocycles. The van der Waals surface area contributed by atoms with Crippen LogP contribution in [0.4, 0.5) is 4.79 Å². The second-order valence-electron chi connectivity index (χ2n) is 7.26. The number of nitrogens with zero attached hydrogens (tertiary/aromatic N) is 1. The first-order chi connectivity index (χ1) is 12.3. The Morgan fingerprint density at radius 1 is 1.08 bits per heavy atom. The molecule has 1 aromatic carbocycles. The fourth-order valence-corrected chi connectivity index (χ4v) is 4.05. The number of carbonyl (C=O) groups is 1. The van der Waals surface area contributed by atoms with Crippen molar-refractivity contribution in [2.45, 2.75) is 32.3 Å². The van der Waals surface area contributed by atoms with Crippen LogP contribution in [-0.2, 0) is 11.3 Å². The molecule has 0 aromatic heterocycles. The molecule has 2 N–H and O–H groups in total. The lowest BCUT2D eigenvalue weighted by Crippen LogP contribution is -2.42. The summed E-state index contributed by atoms with van der Waals surface area (Å²) >= 11 is 0. The Morgan fingerprint density at radius 3 is 2.48 bits per heavy atom. The average Bonchev–Trinajstić information content (AvgIpc) is 2.68. The van der Waals surface area contributed by atoms with Gasteiger partial charge in [-0.2, -0.15) is 0 Å². The summed E-state index contributed by atoms with van der Waals surface area (Å²) in [4.78, 5) is 14.2. The molecule has 0 radical (unpaired) electrons. The highest BCUT2D eigenvalue weighted by Gasteiger charge is 2.27. The maximum atomic E-state index is 11.8. The van der Waals surface area contributed by atoms with Gasteiger partial charge in [0, 0.05) is 13.1 Å². The minimum Gasteiger partial charge on any atom is -0.445 e. The standard InChI is InChI=1S/C20H31N3O2/c24-20(25-16-17-4-2-1-3-5-17)22-12-15-23-13-8-19(9-14-23)18-6-10-21-11-7-18/h1-5,18-19,21H,6-16H2,(H,22,24). The Morgan fingerprint density at radius 2 is 1.76 bits per heavy atom. The summed E-state index contributed by atoms with van der Waals surface area (Å²) in [7, 11) is 0. The van der Waals surface area contributed by atoms with Gasteiger partial charge in [-0.15, -0.1) is 0 Å². The van der Waals surface area contributed by atoms with Crippen molar-refractivity contribution in [3.63, 3.8) is 0 Å². The fourth-order valence-electron chi connectivity index (χ4n) is 4.05. The van der Waals surface area contributed by atoms with Crippen molar-refractivity contribution in [3.05, 3.63) is 35.9 Å². The minimum absolute atomic E-state index is 0.326. The van der Waals surface area contributed by atoms with E-state index in [1.54, 1.807) is 0 Å². The molecule has 0 atom stereocenters. The number of ether oxygens (including phenoxy) is 1. The number of carbonyl (C=O) groups excluding carboxylic acids is 1. The summed E-state index contributed by atoms with van der Waals surface area (Å²) in [5.74, 6) is 1.83. The maximum absolute atomic E-state index is 11.8. The predicted octanol–water partition coefficient (Wildman–Crippen LogP) is 2.62. The molecule has 5 nitrogen and oxygen atoms in total. The number of hydrogen-bond donors (Lipinski definition) is 2. The average molecular weight is 345 g/mol. The predicted molar refractivity (Wildman–Crippen MR) is 99.4 cm³/mol. The zero-order valence-corrected chi connectivity index (χ0v) is 15.1. The molecule has 0 spiro atoms. The molecule has 1 amide bonds. The highest BCUT2D eigenvalue weighted by Crippen LogP contribution is 2.30. The monoisotopic (exact) mass is 345 g/mol. The van der Waals surface area contributed by atoms with Crippen LogP contribution in [-0.4, -0.2) is 50.3 Å². The third-order valence-corrected chi connectivity index (χ3v) is 5.59. The highest BCUT2D eigenvalue weighted by atomic mass is 16.5. The van der Waals surface area contributed by atoms with Gasteiger partial charge in [0.1, 0.15) is 6.61 Å². The van der Waals surface area contributed by atoms with E-state index < -0.39 is 0 Å². The van der Waals surface area contributed by atoms with Crippen molar-refractivity contribution in [2.24, 2.45) is 11.8 Å². The van der Waals surface area contributed by atoms with E-state index in [1.165, 1.54) is 38.8 Å². The lowest BCUT2D eigenvalue weighted by molar-refractivity contribution is 0.123. The summed E-state index contributed by atoms with van der Waals surface area (Å²) in [6.07, 6.45) is 4.99. The first-order valence-corrected chi connectivity index (χ1v) is 9.69. The molecule has 3 rings (SSSR count). The van der Waals surface area contributed by atoms with Crippen LogP contribution in [0.5, 0.6) is 0 Å². The van der Waals surface area contributed by atoms with Gasteiger partial charge >= 0.3 is 6.09 Å². The molecule has 2 fully saturated rings. The maximum Gasteiger partial charge on any atom is 0.407 e. The van der Waals surface area contributed by atoms with Crippen molar-refractivity contribution in [2.75, 3.05) is 39.3 Å². The van der Waals surface area contributed by atoms with Crippen molar-refractivity contribution in [1.82, 2.24) is 15.5 Å². The molecule has 2 aliphatic rings. The summed E-state index contributed by atoms with van der Waals surface area (Å²) in [5, 5.41) is 6.32. The Balaban J connectivity index is 1.26. The third kappa shape index (κ3) is 6.01. The SMILES string of the molecule is O=C(NCCN1CCC(C2CCNCC2)CC1)OCc1ccccc1. The van der Waals surface area contributed by atoms with Crippen LogP contribution < -0.4 is 10.6 Å². The van der Waals surface area contributed by atoms with E-state index >= 15 is 0 Å². The quantitative estimate of drug-likeness (QED) is 0.832. The highest BCUT2D eigenvalue weighted by molar-refractivity contribution is 5.67. The van der Waals surface area contributed by atoms with Gasteiger partial charge in [0.15, 0.2) is 0 Å². The van der Waals surface area contributed by atoms with Gasteiger partial charge in [0.05, 0.1) is 0 Å². The molecule has 0 bridgehead atoms. The molecule has 25 heavy (non-hydrogen) atoms. The summed E-state index contributed by atoms with van der Waals surface area (Å²) in [6, 6.07) is 9.77. The van der Waals surface area contributed by atoms with Gasteiger partial charge in [0.25, 0.3) is 0 Å². The summed E-state index contributed by atoms with van der Waals surface area (Å²) in [5.41, 5.74) is 1.01. The van der Waals surface area contributed by atoms with Crippen LogP contribution in [0, 0.1) is 11.8 Å². The number of nitrogens with one attached hydrogen (secondary N) is 2. The van der Waals surface area contributed by atoms with E-state index in [-0.39, 0.29) is 6.09 Å². The van der Waals surface area contributed by atoms with Gasteiger partial charge in [0.2, 0.25) is 0 Å². The molecule has 5 heteroatoms. The molecule has 1 aromatic rings. The molecule has 2 saturated heterocycles. The molecular formula is C20H31N3O2. The van der Waals surface area contributed by atoms with Crippen LogP contribution >= 0.6 is 0 Å². The molecular weight excluding hydrogens is 314 g/mol. The van der Waals surface area contributed by atoms with Crippen LogP contribution in [0.3, 0.4) is 0 Å². The van der Waals surface area contributed by atoms with Gasteiger partial charge in [-0.25, -0.2) is 4.79 Å². The number of hydrogen-bond acceptors (Lipinski definition) is 4. The number of piperidine rings is 2. The van der Waals surface area contributed by atoms with E-state index in [9.17, 15) is 4.79 Å². The Hall–Kier alpha value is -1.59. The van der Waals surface area contributed by atoms with E-state index in [0.717, 1.165) is 37.0 Å². The Labute approximate surface area is 151 Å². The number of alkyl carbamates (subject to hydrolysis) is 1. The topological polar surface area (TPSA) is 53.6 Å². The van der Waals surface area contributed by atoms with Gasteiger partial charge in [-0.3, -0.25) is 0 Å². The minimum atomic E-state index is -0.326. The van der Waals surface area contributed by atoms with Crippen LogP contribution in [0.25, 0.3) is 0 Å². The third-order valence-electron chi connectivity index (χ3n) is 5.59. The van der Waals surface area contributed by atoms with Crippen molar-refractivity contribution in [3.8, 4) is 0 Å². The van der Waals surface area contributed by atoms with Crippen molar-refractivity contribution in [1.29, 1.82) is 0 Å². The zero-order chi connectivity index (χ0) is 17.3. The first kappa shape index (κ1) is 18.2. The largest absolute Gasteiger partial charge is 0.445 e. The van der Waals surface area contributed by atoms with Gasteiger partial charge < -0.3 is 20.3 Å². The zero-order valence-electron chi connectivity index (χ0n) is 15.1. The number of amides is 1. The molecule has 138 valence electrons. The number of likely N-dealkylation sites (tertiary alicyclic amines) is 1. The summed E-state index contributed by atoms with van der Waals surface area (Å²) in [6.45, 7) is 6.61. The van der Waals surface area contributed by atoms with Crippen LogP contribution in [0.1, 0.15) is 31.2 Å². The van der Waals surface area contributed by atoms with E-state index in [2.05, 4.69) is 15.5 Å². The molecule has 0 aliphatic carbocycles. The van der Waals surface area contributed by atoms with Crippen molar-refractivity contribution < 1.29 is 9.53 Å². The van der Waals surface area contributed by atoms with E-state index in [4.69, 9.17) is 4.74 Å². The second kappa shape index (κ2) is 9.78. The molecule has 2 heterocycles. The van der Waals surface area contributed by atoms with Gasteiger partial charge in [-0.05, 0) is 69.3 Å². The normalized spacial score (nSPS) is 20.3. The van der Waals surface area contributed by atoms with E-state index in [1.807, 2.05) is 30.3 Å². The summed E-state index contributed by atoms with van der Waals surface area (Å²) < 4.78 is 5.24. The molecule has 2 aliphatic heterocycles. The number of benzene rings is 1. The molecule has 0 unspecified atom stereocenters. The van der Waals surface area contributed by atoms with Crippen LogP contribution in [0.2, 0.25) is 0 Å². The fraction of sp³-hybridized carbons (Fsp3) is 0.650. The Kier molecular flexibility index (Phi) is 7.12. The second-order valence-corrected chi connectivity index (χ2v) is 7.26.